The number of nitrogens with one attached hydrogen (secondary N) is 1. The number of rotatable bonds is 5. The summed E-state index contributed by atoms with van der Waals surface area (Å²) in [5.41, 5.74) is 2.00. The van der Waals surface area contributed by atoms with E-state index in [2.05, 4.69) is 10.2 Å². The molecule has 2 saturated carbocycles. The highest BCUT2D eigenvalue weighted by atomic mass is 19.1. The van der Waals surface area contributed by atoms with Gasteiger partial charge in [0.1, 0.15) is 11.5 Å². The summed E-state index contributed by atoms with van der Waals surface area (Å²) < 4.78 is 19.1. The normalized spacial score (nSPS) is 23.4. The summed E-state index contributed by atoms with van der Waals surface area (Å²) in [5, 5.41) is 7.09. The van der Waals surface area contributed by atoms with Crippen LogP contribution in [0.3, 0.4) is 0 Å². The first kappa shape index (κ1) is 18.2. The second-order valence-corrected chi connectivity index (χ2v) is 7.73. The molecule has 2 atom stereocenters. The van der Waals surface area contributed by atoms with Crippen molar-refractivity contribution in [2.75, 3.05) is 13.7 Å². The maximum atomic E-state index is 13.1. The van der Waals surface area contributed by atoms with E-state index in [-0.39, 0.29) is 29.3 Å². The summed E-state index contributed by atoms with van der Waals surface area (Å²) in [6, 6.07) is 8.06. The summed E-state index contributed by atoms with van der Waals surface area (Å²) in [4.78, 5) is 14.9. The fourth-order valence-electron chi connectivity index (χ4n) is 4.93. The van der Waals surface area contributed by atoms with Crippen LogP contribution in [0, 0.1) is 11.2 Å². The number of carbonyl (C=O) groups is 1. The van der Waals surface area contributed by atoms with Gasteiger partial charge in [0.2, 0.25) is 0 Å². The molecule has 2 aliphatic rings. The van der Waals surface area contributed by atoms with Gasteiger partial charge >= 0.3 is 0 Å². The Morgan fingerprint density at radius 2 is 2.04 bits per heavy atom. The number of halogens is 1. The van der Waals surface area contributed by atoms with Gasteiger partial charge in [0, 0.05) is 30.7 Å². The van der Waals surface area contributed by atoms with Gasteiger partial charge in [-0.1, -0.05) is 12.8 Å². The minimum absolute atomic E-state index is 0.0536. The monoisotopic (exact) mass is 371 g/mol. The summed E-state index contributed by atoms with van der Waals surface area (Å²) >= 11 is 0. The summed E-state index contributed by atoms with van der Waals surface area (Å²) in [5.74, 6) is -0.344. The number of amides is 1. The first-order chi connectivity index (χ1) is 13.0. The van der Waals surface area contributed by atoms with Crippen LogP contribution in [-0.4, -0.2) is 46.8 Å². The largest absolute Gasteiger partial charge is 0.378 e. The Kier molecular flexibility index (Phi) is 4.76. The standard InChI is InChI=1S/C21H26FN3O2/c1-3-27-19-13-18(21(19)10-4-5-11-21)25(2)20(26)17-12-16(23-24-17)14-6-8-15(22)9-7-14/h6-9,12,18-19H,3-5,10-11,13H2,1-2H3,(H,23,24). The van der Waals surface area contributed by atoms with Crippen LogP contribution in [-0.2, 0) is 4.74 Å². The lowest BCUT2D eigenvalue weighted by molar-refractivity contribution is -0.152. The molecule has 0 saturated heterocycles. The number of nitrogens with zero attached hydrogens (tertiary/aromatic N) is 2. The molecule has 4 rings (SSSR count). The quantitative estimate of drug-likeness (QED) is 0.863. The highest BCUT2D eigenvalue weighted by Crippen LogP contribution is 2.56. The van der Waals surface area contributed by atoms with Crippen molar-refractivity contribution in [3.05, 3.63) is 41.8 Å². The third kappa shape index (κ3) is 3.06. The maximum absolute atomic E-state index is 13.1. The van der Waals surface area contributed by atoms with Crippen LogP contribution in [0.25, 0.3) is 11.3 Å². The molecular formula is C21H26FN3O2. The molecule has 2 aromatic rings. The van der Waals surface area contributed by atoms with Crippen LogP contribution in [0.15, 0.2) is 30.3 Å². The number of aromatic amines is 1. The number of ether oxygens (including phenoxy) is 1. The highest BCUT2D eigenvalue weighted by molar-refractivity contribution is 5.93. The first-order valence-corrected chi connectivity index (χ1v) is 9.75. The zero-order valence-corrected chi connectivity index (χ0v) is 15.9. The van der Waals surface area contributed by atoms with Crippen molar-refractivity contribution in [1.29, 1.82) is 0 Å². The molecule has 2 unspecified atom stereocenters. The van der Waals surface area contributed by atoms with Gasteiger partial charge in [-0.3, -0.25) is 9.89 Å². The molecule has 1 amide bonds. The zero-order valence-electron chi connectivity index (χ0n) is 15.9. The van der Waals surface area contributed by atoms with Crippen LogP contribution in [0.2, 0.25) is 0 Å². The zero-order chi connectivity index (χ0) is 19.0. The fourth-order valence-corrected chi connectivity index (χ4v) is 4.93. The molecule has 0 radical (unpaired) electrons. The van der Waals surface area contributed by atoms with Gasteiger partial charge < -0.3 is 9.64 Å². The lowest BCUT2D eigenvalue weighted by Crippen LogP contribution is -2.64. The molecule has 0 bridgehead atoms. The molecule has 2 aliphatic carbocycles. The molecule has 1 N–H and O–H groups in total. The average molecular weight is 371 g/mol. The predicted octanol–water partition coefficient (Wildman–Crippen LogP) is 4.03. The van der Waals surface area contributed by atoms with E-state index in [1.807, 2.05) is 18.9 Å². The molecule has 1 aromatic carbocycles. The van der Waals surface area contributed by atoms with E-state index in [1.54, 1.807) is 18.2 Å². The van der Waals surface area contributed by atoms with Crippen LogP contribution in [0.1, 0.15) is 49.5 Å². The molecule has 2 fully saturated rings. The Labute approximate surface area is 158 Å². The lowest BCUT2D eigenvalue weighted by atomic mass is 9.60. The minimum atomic E-state index is -0.291. The molecule has 144 valence electrons. The number of hydrogen-bond acceptors (Lipinski definition) is 3. The number of H-pyrrole nitrogens is 1. The van der Waals surface area contributed by atoms with Gasteiger partial charge in [0.25, 0.3) is 5.91 Å². The van der Waals surface area contributed by atoms with E-state index in [0.717, 1.165) is 31.4 Å². The second-order valence-electron chi connectivity index (χ2n) is 7.73. The van der Waals surface area contributed by atoms with E-state index in [1.165, 1.54) is 25.0 Å². The van der Waals surface area contributed by atoms with E-state index in [0.29, 0.717) is 11.4 Å². The van der Waals surface area contributed by atoms with Crippen LogP contribution >= 0.6 is 0 Å². The smallest absolute Gasteiger partial charge is 0.271 e. The summed E-state index contributed by atoms with van der Waals surface area (Å²) in [7, 11) is 1.88. The first-order valence-electron chi connectivity index (χ1n) is 9.75. The van der Waals surface area contributed by atoms with E-state index in [4.69, 9.17) is 4.74 Å². The van der Waals surface area contributed by atoms with Crippen LogP contribution in [0.4, 0.5) is 4.39 Å². The van der Waals surface area contributed by atoms with Gasteiger partial charge in [0.15, 0.2) is 0 Å². The number of hydrogen-bond donors (Lipinski definition) is 1. The third-order valence-corrected chi connectivity index (χ3v) is 6.38. The second kappa shape index (κ2) is 7.08. The van der Waals surface area contributed by atoms with Crippen molar-refractivity contribution in [1.82, 2.24) is 15.1 Å². The van der Waals surface area contributed by atoms with Gasteiger partial charge in [0.05, 0.1) is 11.8 Å². The molecular weight excluding hydrogens is 345 g/mol. The maximum Gasteiger partial charge on any atom is 0.271 e. The Bertz CT molecular complexity index is 811. The lowest BCUT2D eigenvalue weighted by Gasteiger charge is -2.56. The number of aromatic nitrogens is 2. The van der Waals surface area contributed by atoms with Crippen molar-refractivity contribution in [2.24, 2.45) is 5.41 Å². The predicted molar refractivity (Wildman–Crippen MR) is 101 cm³/mol. The number of benzene rings is 1. The van der Waals surface area contributed by atoms with Gasteiger partial charge in [-0.05, 0) is 56.5 Å². The Morgan fingerprint density at radius 3 is 2.70 bits per heavy atom. The SMILES string of the molecule is CCOC1CC(N(C)C(=O)c2cc(-c3ccc(F)cc3)n[nH]2)C12CCCC2. The summed E-state index contributed by atoms with van der Waals surface area (Å²) in [6.45, 7) is 2.75. The molecule has 5 nitrogen and oxygen atoms in total. The molecule has 1 heterocycles. The van der Waals surface area contributed by atoms with Crippen LogP contribution in [0.5, 0.6) is 0 Å². The Balaban J connectivity index is 1.50. The van der Waals surface area contributed by atoms with E-state index >= 15 is 0 Å². The highest BCUT2D eigenvalue weighted by Gasteiger charge is 2.58. The third-order valence-electron chi connectivity index (χ3n) is 6.38. The van der Waals surface area contributed by atoms with Gasteiger partial charge in [-0.15, -0.1) is 0 Å². The Morgan fingerprint density at radius 1 is 1.33 bits per heavy atom. The minimum Gasteiger partial charge on any atom is -0.378 e. The van der Waals surface area contributed by atoms with Gasteiger partial charge in [-0.2, -0.15) is 5.10 Å². The molecule has 6 heteroatoms. The van der Waals surface area contributed by atoms with Crippen molar-refractivity contribution in [3.63, 3.8) is 0 Å². The van der Waals surface area contributed by atoms with Crippen LogP contribution < -0.4 is 0 Å². The van der Waals surface area contributed by atoms with Crippen molar-refractivity contribution in [3.8, 4) is 11.3 Å². The van der Waals surface area contributed by atoms with E-state index in [9.17, 15) is 9.18 Å². The Hall–Kier alpha value is -2.21. The number of carbonyl (C=O) groups excluding carboxylic acids is 1. The van der Waals surface area contributed by atoms with Crippen molar-refractivity contribution in [2.45, 2.75) is 51.2 Å². The average Bonchev–Trinajstić information content (AvgIpc) is 3.35. The molecule has 1 spiro atoms. The van der Waals surface area contributed by atoms with Crippen molar-refractivity contribution >= 4 is 5.91 Å². The molecule has 27 heavy (non-hydrogen) atoms. The fraction of sp³-hybridized carbons (Fsp3) is 0.524. The summed E-state index contributed by atoms with van der Waals surface area (Å²) in [6.07, 6.45) is 5.84. The van der Waals surface area contributed by atoms with Gasteiger partial charge in [-0.25, -0.2) is 4.39 Å². The topological polar surface area (TPSA) is 58.2 Å². The molecule has 0 aliphatic heterocycles. The van der Waals surface area contributed by atoms with E-state index < -0.39 is 0 Å². The van der Waals surface area contributed by atoms with Crippen molar-refractivity contribution < 1.29 is 13.9 Å². The molecule has 1 aromatic heterocycles.